The molecule has 19 heavy (non-hydrogen) atoms. The van der Waals surface area contributed by atoms with Gasteiger partial charge in [0.15, 0.2) is 0 Å². The summed E-state index contributed by atoms with van der Waals surface area (Å²) in [5, 5.41) is 8.43. The van der Waals surface area contributed by atoms with E-state index in [1.807, 2.05) is 4.68 Å². The first-order valence-corrected chi connectivity index (χ1v) is 7.02. The van der Waals surface area contributed by atoms with Crippen LogP contribution in [0.5, 0.6) is 0 Å². The van der Waals surface area contributed by atoms with Gasteiger partial charge >= 0.3 is 0 Å². The summed E-state index contributed by atoms with van der Waals surface area (Å²) in [5.74, 6) is 0.797. The zero-order chi connectivity index (χ0) is 13.2. The Morgan fingerprint density at radius 1 is 1.32 bits per heavy atom. The molecule has 1 aromatic rings. The van der Waals surface area contributed by atoms with Crippen LogP contribution in [0.3, 0.4) is 0 Å². The molecule has 2 heterocycles. The molecule has 0 spiro atoms. The summed E-state index contributed by atoms with van der Waals surface area (Å²) < 4.78 is 7.42. The smallest absolute Gasteiger partial charge is 0.223 e. The Kier molecular flexibility index (Phi) is 3.50. The van der Waals surface area contributed by atoms with E-state index in [1.54, 1.807) is 0 Å². The number of rotatable bonds is 5. The molecule has 6 heteroatoms. The molecule has 2 fully saturated rings. The summed E-state index contributed by atoms with van der Waals surface area (Å²) in [5.41, 5.74) is 7.19. The average Bonchev–Trinajstić information content (AvgIpc) is 3.12. The lowest BCUT2D eigenvalue weighted by Crippen LogP contribution is -2.21. The molecule has 1 aromatic heterocycles. The lowest BCUT2D eigenvalue weighted by Gasteiger charge is -2.23. The Morgan fingerprint density at radius 3 is 2.68 bits per heavy atom. The van der Waals surface area contributed by atoms with Crippen LogP contribution in [0.2, 0.25) is 0 Å². The lowest BCUT2D eigenvalue weighted by atomic mass is 9.94. The summed E-state index contributed by atoms with van der Waals surface area (Å²) in [7, 11) is 0. The van der Waals surface area contributed by atoms with Crippen molar-refractivity contribution in [1.29, 1.82) is 0 Å². The highest BCUT2D eigenvalue weighted by Crippen LogP contribution is 2.34. The van der Waals surface area contributed by atoms with Crippen molar-refractivity contribution >= 4 is 5.91 Å². The topological polar surface area (TPSA) is 83.0 Å². The van der Waals surface area contributed by atoms with Gasteiger partial charge in [0.2, 0.25) is 5.91 Å². The SMILES string of the molecule is NC(=O)Cc1nnn(CC2CC2)c1C1CCOCC1. The van der Waals surface area contributed by atoms with E-state index in [1.165, 1.54) is 12.8 Å². The van der Waals surface area contributed by atoms with Gasteiger partial charge < -0.3 is 10.5 Å². The minimum absolute atomic E-state index is 0.192. The molecule has 104 valence electrons. The van der Waals surface area contributed by atoms with Gasteiger partial charge in [-0.3, -0.25) is 4.79 Å². The van der Waals surface area contributed by atoms with Gasteiger partial charge in [-0.2, -0.15) is 0 Å². The van der Waals surface area contributed by atoms with Crippen LogP contribution in [0.25, 0.3) is 0 Å². The van der Waals surface area contributed by atoms with Gasteiger partial charge in [-0.05, 0) is 31.6 Å². The second-order valence-corrected chi connectivity index (χ2v) is 5.58. The van der Waals surface area contributed by atoms with Crippen LogP contribution < -0.4 is 5.73 Å². The van der Waals surface area contributed by atoms with Gasteiger partial charge in [-0.25, -0.2) is 4.68 Å². The normalized spacial score (nSPS) is 20.6. The van der Waals surface area contributed by atoms with Crippen molar-refractivity contribution in [2.24, 2.45) is 11.7 Å². The fraction of sp³-hybridized carbons (Fsp3) is 0.769. The van der Waals surface area contributed by atoms with Gasteiger partial charge in [0.05, 0.1) is 17.8 Å². The summed E-state index contributed by atoms with van der Waals surface area (Å²) in [6.45, 7) is 2.48. The first-order chi connectivity index (χ1) is 9.24. The van der Waals surface area contributed by atoms with E-state index in [2.05, 4.69) is 10.3 Å². The molecule has 0 aromatic carbocycles. The predicted molar refractivity (Wildman–Crippen MR) is 68.4 cm³/mol. The highest BCUT2D eigenvalue weighted by Gasteiger charge is 2.29. The number of amides is 1. The molecule has 3 rings (SSSR count). The van der Waals surface area contributed by atoms with Crippen LogP contribution in [0, 0.1) is 5.92 Å². The van der Waals surface area contributed by atoms with E-state index < -0.39 is 0 Å². The van der Waals surface area contributed by atoms with Crippen LogP contribution in [0.4, 0.5) is 0 Å². The Labute approximate surface area is 112 Å². The maximum absolute atomic E-state index is 11.2. The zero-order valence-corrected chi connectivity index (χ0v) is 11.0. The minimum atomic E-state index is -0.341. The van der Waals surface area contributed by atoms with Crippen LogP contribution in [-0.2, 0) is 22.5 Å². The molecule has 0 unspecified atom stereocenters. The molecule has 0 atom stereocenters. The number of carbonyl (C=O) groups is 1. The van der Waals surface area contributed by atoms with E-state index in [9.17, 15) is 4.79 Å². The van der Waals surface area contributed by atoms with Crippen molar-refractivity contribution in [1.82, 2.24) is 15.0 Å². The average molecular weight is 264 g/mol. The molecule has 2 N–H and O–H groups in total. The van der Waals surface area contributed by atoms with E-state index in [-0.39, 0.29) is 12.3 Å². The zero-order valence-electron chi connectivity index (χ0n) is 11.0. The summed E-state index contributed by atoms with van der Waals surface area (Å²) in [4.78, 5) is 11.2. The fourth-order valence-electron chi connectivity index (χ4n) is 2.74. The van der Waals surface area contributed by atoms with Crippen LogP contribution >= 0.6 is 0 Å². The van der Waals surface area contributed by atoms with Gasteiger partial charge in [0.25, 0.3) is 0 Å². The van der Waals surface area contributed by atoms with E-state index >= 15 is 0 Å². The van der Waals surface area contributed by atoms with Crippen molar-refractivity contribution in [3.8, 4) is 0 Å². The second kappa shape index (κ2) is 5.28. The van der Waals surface area contributed by atoms with Gasteiger partial charge in [-0.1, -0.05) is 5.21 Å². The monoisotopic (exact) mass is 264 g/mol. The fourth-order valence-corrected chi connectivity index (χ4v) is 2.74. The standard InChI is InChI=1S/C13H20N4O2/c14-12(18)7-11-13(10-3-5-19-6-4-10)17(16-15-11)8-9-1-2-9/h9-10H,1-8H2,(H2,14,18). The predicted octanol–water partition coefficient (Wildman–Crippen LogP) is 0.610. The molecule has 0 radical (unpaired) electrons. The van der Waals surface area contributed by atoms with Crippen molar-refractivity contribution in [2.75, 3.05) is 13.2 Å². The lowest BCUT2D eigenvalue weighted by molar-refractivity contribution is -0.117. The highest BCUT2D eigenvalue weighted by molar-refractivity contribution is 5.76. The number of aromatic nitrogens is 3. The third-order valence-electron chi connectivity index (χ3n) is 3.92. The minimum Gasteiger partial charge on any atom is -0.381 e. The van der Waals surface area contributed by atoms with Crippen molar-refractivity contribution in [3.05, 3.63) is 11.4 Å². The van der Waals surface area contributed by atoms with E-state index in [4.69, 9.17) is 10.5 Å². The van der Waals surface area contributed by atoms with Crippen LogP contribution in [0.15, 0.2) is 0 Å². The first-order valence-electron chi connectivity index (χ1n) is 7.02. The molecule has 1 aliphatic carbocycles. The van der Waals surface area contributed by atoms with Gasteiger partial charge in [0, 0.05) is 25.7 Å². The quantitative estimate of drug-likeness (QED) is 0.844. The number of nitrogens with two attached hydrogens (primary N) is 1. The Morgan fingerprint density at radius 2 is 2.05 bits per heavy atom. The van der Waals surface area contributed by atoms with Crippen LogP contribution in [0.1, 0.15) is 43.0 Å². The Balaban J connectivity index is 1.85. The van der Waals surface area contributed by atoms with Crippen molar-refractivity contribution < 1.29 is 9.53 Å². The molecule has 1 saturated carbocycles. The summed E-state index contributed by atoms with van der Waals surface area (Å²) in [6, 6.07) is 0. The van der Waals surface area contributed by atoms with Crippen LogP contribution in [-0.4, -0.2) is 34.1 Å². The third kappa shape index (κ3) is 2.94. The molecule has 1 saturated heterocycles. The van der Waals surface area contributed by atoms with Gasteiger partial charge in [-0.15, -0.1) is 5.10 Å². The molecular weight excluding hydrogens is 244 g/mol. The molecule has 1 aliphatic heterocycles. The summed E-state index contributed by atoms with van der Waals surface area (Å²) in [6.07, 6.45) is 4.70. The first kappa shape index (κ1) is 12.6. The Bertz CT molecular complexity index is 461. The van der Waals surface area contributed by atoms with E-state index in [0.717, 1.165) is 49.9 Å². The van der Waals surface area contributed by atoms with Gasteiger partial charge in [0.1, 0.15) is 0 Å². The Hall–Kier alpha value is -1.43. The number of carbonyl (C=O) groups excluding carboxylic acids is 1. The van der Waals surface area contributed by atoms with Crippen molar-refractivity contribution in [2.45, 2.75) is 44.6 Å². The third-order valence-corrected chi connectivity index (χ3v) is 3.92. The highest BCUT2D eigenvalue weighted by atomic mass is 16.5. The molecule has 2 aliphatic rings. The number of hydrogen-bond acceptors (Lipinski definition) is 4. The molecular formula is C13H20N4O2. The maximum Gasteiger partial charge on any atom is 0.223 e. The number of ether oxygens (including phenoxy) is 1. The number of nitrogens with zero attached hydrogens (tertiary/aromatic N) is 3. The maximum atomic E-state index is 11.2. The number of hydrogen-bond donors (Lipinski definition) is 1. The molecule has 1 amide bonds. The number of primary amides is 1. The second-order valence-electron chi connectivity index (χ2n) is 5.58. The summed E-state index contributed by atoms with van der Waals surface area (Å²) >= 11 is 0. The molecule has 0 bridgehead atoms. The van der Waals surface area contributed by atoms with E-state index in [0.29, 0.717) is 5.92 Å². The largest absolute Gasteiger partial charge is 0.381 e. The van der Waals surface area contributed by atoms with Crippen molar-refractivity contribution in [3.63, 3.8) is 0 Å². The molecule has 6 nitrogen and oxygen atoms in total.